The molecule has 0 saturated carbocycles. The molecule has 0 fully saturated rings. The van der Waals surface area contributed by atoms with E-state index in [1.165, 1.54) is 0 Å². The van der Waals surface area contributed by atoms with Gasteiger partial charge in [-0.05, 0) is 18.9 Å². The molecule has 0 radical (unpaired) electrons. The van der Waals surface area contributed by atoms with Crippen molar-refractivity contribution >= 4 is 21.8 Å². The first-order valence-corrected chi connectivity index (χ1v) is 8.46. The largest absolute Gasteiger partial charge is 0.493 e. The second-order valence-electron chi connectivity index (χ2n) is 5.10. The van der Waals surface area contributed by atoms with Gasteiger partial charge in [0.15, 0.2) is 0 Å². The molecule has 1 atom stereocenters. The second-order valence-corrected chi connectivity index (χ2v) is 5.89. The van der Waals surface area contributed by atoms with Crippen molar-refractivity contribution in [3.63, 3.8) is 0 Å². The fourth-order valence-corrected chi connectivity index (χ4v) is 3.03. The Bertz CT molecular complexity index is 450. The summed E-state index contributed by atoms with van der Waals surface area (Å²) in [6.07, 6.45) is 2.95. The zero-order valence-corrected chi connectivity index (χ0v) is 13.6. The highest BCUT2D eigenvalue weighted by molar-refractivity contribution is 9.09. The van der Waals surface area contributed by atoms with Crippen LogP contribution in [0.4, 0.5) is 0 Å². The molecule has 0 bridgehead atoms. The van der Waals surface area contributed by atoms with Gasteiger partial charge in [-0.3, -0.25) is 4.79 Å². The van der Waals surface area contributed by atoms with Gasteiger partial charge in [-0.25, -0.2) is 0 Å². The van der Waals surface area contributed by atoms with E-state index in [1.54, 1.807) is 0 Å². The normalized spacial score (nSPS) is 17.2. The summed E-state index contributed by atoms with van der Waals surface area (Å²) in [5, 5.41) is 0.827. The molecule has 1 amide bonds. The fraction of sp³-hybridized carbons (Fsp3) is 0.562. The van der Waals surface area contributed by atoms with Crippen molar-refractivity contribution in [1.82, 2.24) is 4.90 Å². The van der Waals surface area contributed by atoms with Crippen molar-refractivity contribution < 1.29 is 9.53 Å². The molecule has 4 heteroatoms. The lowest BCUT2D eigenvalue weighted by molar-refractivity contribution is -0.133. The van der Waals surface area contributed by atoms with Gasteiger partial charge < -0.3 is 9.64 Å². The molecule has 1 unspecified atom stereocenters. The minimum atomic E-state index is -0.0455. The highest BCUT2D eigenvalue weighted by atomic mass is 79.9. The number of nitrogens with zero attached hydrogens (tertiary/aromatic N) is 1. The third-order valence-electron chi connectivity index (χ3n) is 3.70. The first-order chi connectivity index (χ1) is 9.77. The number of hydrogen-bond donors (Lipinski definition) is 0. The Morgan fingerprint density at radius 3 is 2.95 bits per heavy atom. The number of carbonyl (C=O) groups is 1. The lowest BCUT2D eigenvalue weighted by atomic mass is 9.91. The van der Waals surface area contributed by atoms with E-state index in [2.05, 4.69) is 22.9 Å². The Kier molecular flexibility index (Phi) is 5.89. The Morgan fingerprint density at radius 1 is 1.40 bits per heavy atom. The average Bonchev–Trinajstić information content (AvgIpc) is 2.50. The molecule has 1 heterocycles. The zero-order valence-electron chi connectivity index (χ0n) is 12.0. The molecule has 1 aliphatic heterocycles. The van der Waals surface area contributed by atoms with Crippen molar-refractivity contribution in [2.45, 2.75) is 32.1 Å². The van der Waals surface area contributed by atoms with E-state index < -0.39 is 0 Å². The van der Waals surface area contributed by atoms with Crippen LogP contribution in [0, 0.1) is 0 Å². The van der Waals surface area contributed by atoms with Crippen LogP contribution in [0.3, 0.4) is 0 Å². The summed E-state index contributed by atoms with van der Waals surface area (Å²) in [4.78, 5) is 14.8. The van der Waals surface area contributed by atoms with Gasteiger partial charge in [0.25, 0.3) is 0 Å². The Labute approximate surface area is 129 Å². The third-order valence-corrected chi connectivity index (χ3v) is 4.06. The van der Waals surface area contributed by atoms with E-state index in [0.717, 1.165) is 49.0 Å². The maximum absolute atomic E-state index is 12.8. The number of halogens is 1. The first-order valence-electron chi connectivity index (χ1n) is 7.34. The van der Waals surface area contributed by atoms with Crippen LogP contribution in [0.25, 0.3) is 0 Å². The maximum atomic E-state index is 12.8. The minimum Gasteiger partial charge on any atom is -0.493 e. The van der Waals surface area contributed by atoms with Crippen molar-refractivity contribution in [1.29, 1.82) is 0 Å². The van der Waals surface area contributed by atoms with E-state index in [4.69, 9.17) is 4.74 Å². The molecule has 0 saturated heterocycles. The van der Waals surface area contributed by atoms with Crippen LogP contribution >= 0.6 is 15.9 Å². The zero-order chi connectivity index (χ0) is 14.4. The smallest absolute Gasteiger partial charge is 0.230 e. The molecule has 0 aliphatic carbocycles. The van der Waals surface area contributed by atoms with E-state index >= 15 is 0 Å². The molecular weight excluding hydrogens is 318 g/mol. The van der Waals surface area contributed by atoms with E-state index in [9.17, 15) is 4.79 Å². The van der Waals surface area contributed by atoms with Gasteiger partial charge in [-0.2, -0.15) is 0 Å². The van der Waals surface area contributed by atoms with Gasteiger partial charge in [0, 0.05) is 24.0 Å². The molecule has 1 aliphatic rings. The molecule has 110 valence electrons. The number of ether oxygens (including phenoxy) is 1. The van der Waals surface area contributed by atoms with Gasteiger partial charge in [-0.1, -0.05) is 47.5 Å². The Balaban J connectivity index is 2.15. The summed E-state index contributed by atoms with van der Waals surface area (Å²) >= 11 is 3.45. The molecular formula is C16H22BrNO2. The molecule has 0 spiro atoms. The Hall–Kier alpha value is -1.03. The predicted molar refractivity (Wildman–Crippen MR) is 84.6 cm³/mol. The van der Waals surface area contributed by atoms with Crippen LogP contribution in [-0.4, -0.2) is 35.8 Å². The number of unbranched alkanes of at least 4 members (excludes halogenated alkanes) is 1. The summed E-state index contributed by atoms with van der Waals surface area (Å²) in [7, 11) is 0. The number of hydrogen-bond acceptors (Lipinski definition) is 2. The molecule has 2 rings (SSSR count). The summed E-state index contributed by atoms with van der Waals surface area (Å²) in [5.74, 6) is 1.07. The molecule has 1 aromatic carbocycles. The van der Waals surface area contributed by atoms with Crippen molar-refractivity contribution in [3.8, 4) is 5.75 Å². The Morgan fingerprint density at radius 2 is 2.20 bits per heavy atom. The van der Waals surface area contributed by atoms with Crippen LogP contribution in [0.15, 0.2) is 24.3 Å². The summed E-state index contributed by atoms with van der Waals surface area (Å²) in [6.45, 7) is 4.41. The van der Waals surface area contributed by atoms with Gasteiger partial charge in [0.1, 0.15) is 5.75 Å². The number of amides is 1. The van der Waals surface area contributed by atoms with Crippen molar-refractivity contribution in [2.24, 2.45) is 0 Å². The van der Waals surface area contributed by atoms with Crippen LogP contribution in [-0.2, 0) is 4.79 Å². The fourth-order valence-electron chi connectivity index (χ4n) is 2.60. The monoisotopic (exact) mass is 339 g/mol. The quantitative estimate of drug-likeness (QED) is 0.741. The second kappa shape index (κ2) is 7.67. The van der Waals surface area contributed by atoms with Crippen LogP contribution in [0.5, 0.6) is 5.75 Å². The number of benzene rings is 1. The lowest BCUT2D eigenvalue weighted by Crippen LogP contribution is -2.38. The summed E-state index contributed by atoms with van der Waals surface area (Å²) in [5.41, 5.74) is 1.04. The van der Waals surface area contributed by atoms with Crippen LogP contribution in [0.2, 0.25) is 0 Å². The number of rotatable bonds is 6. The summed E-state index contributed by atoms with van der Waals surface area (Å²) in [6, 6.07) is 7.91. The standard InChI is InChI=1S/C16H22BrNO2/c1-2-3-10-18(11-9-17)16(19)14-8-12-20-15-7-5-4-6-13(14)15/h4-7,14H,2-3,8-12H2,1H3. The van der Waals surface area contributed by atoms with Gasteiger partial charge in [0.05, 0.1) is 12.5 Å². The van der Waals surface area contributed by atoms with Gasteiger partial charge in [-0.15, -0.1) is 0 Å². The maximum Gasteiger partial charge on any atom is 0.230 e. The molecule has 0 N–H and O–H groups in total. The minimum absolute atomic E-state index is 0.0455. The molecule has 20 heavy (non-hydrogen) atoms. The highest BCUT2D eigenvalue weighted by Gasteiger charge is 2.30. The average molecular weight is 340 g/mol. The van der Waals surface area contributed by atoms with Gasteiger partial charge >= 0.3 is 0 Å². The third kappa shape index (κ3) is 3.54. The highest BCUT2D eigenvalue weighted by Crippen LogP contribution is 2.34. The molecule has 1 aromatic rings. The van der Waals surface area contributed by atoms with Gasteiger partial charge in [0.2, 0.25) is 5.91 Å². The lowest BCUT2D eigenvalue weighted by Gasteiger charge is -2.30. The van der Waals surface area contributed by atoms with Crippen LogP contribution < -0.4 is 4.74 Å². The van der Waals surface area contributed by atoms with Crippen molar-refractivity contribution in [3.05, 3.63) is 29.8 Å². The SMILES string of the molecule is CCCCN(CCBr)C(=O)C1CCOc2ccccc21. The predicted octanol–water partition coefficient (Wildman–Crippen LogP) is 3.58. The number of fused-ring (bicyclic) bond motifs is 1. The van der Waals surface area contributed by atoms with Crippen LogP contribution in [0.1, 0.15) is 37.7 Å². The van der Waals surface area contributed by atoms with Crippen molar-refractivity contribution in [2.75, 3.05) is 25.0 Å². The first kappa shape index (κ1) is 15.4. The van der Waals surface area contributed by atoms with E-state index in [0.29, 0.717) is 6.61 Å². The number of para-hydroxylation sites is 1. The molecule has 3 nitrogen and oxygen atoms in total. The number of alkyl halides is 1. The topological polar surface area (TPSA) is 29.5 Å². The number of carbonyl (C=O) groups excluding carboxylic acids is 1. The molecule has 0 aromatic heterocycles. The van der Waals surface area contributed by atoms with E-state index in [-0.39, 0.29) is 11.8 Å². The summed E-state index contributed by atoms with van der Waals surface area (Å²) < 4.78 is 5.64. The van der Waals surface area contributed by atoms with E-state index in [1.807, 2.05) is 29.2 Å².